The number of benzene rings is 2. The third-order valence-corrected chi connectivity index (χ3v) is 7.06. The zero-order valence-corrected chi connectivity index (χ0v) is 18.7. The minimum absolute atomic E-state index is 0.0307. The number of ether oxygens (including phenoxy) is 1. The van der Waals surface area contributed by atoms with Crippen LogP contribution in [-0.2, 0) is 16.1 Å². The smallest absolute Gasteiger partial charge is 0.262 e. The zero-order valence-electron chi connectivity index (χ0n) is 18.7. The largest absolute Gasteiger partial charge is 0.370 e. The van der Waals surface area contributed by atoms with Crippen LogP contribution in [0, 0.1) is 0 Å². The minimum Gasteiger partial charge on any atom is -0.370 e. The van der Waals surface area contributed by atoms with E-state index >= 15 is 0 Å². The van der Waals surface area contributed by atoms with Gasteiger partial charge in [-0.3, -0.25) is 24.2 Å². The van der Waals surface area contributed by atoms with Gasteiger partial charge in [-0.25, -0.2) is 0 Å². The summed E-state index contributed by atoms with van der Waals surface area (Å²) < 4.78 is 6.41. The molecule has 1 atom stereocenters. The van der Waals surface area contributed by atoms with Gasteiger partial charge in [0.25, 0.3) is 11.8 Å². The fraction of sp³-hybridized carbons (Fsp3) is 0.423. The van der Waals surface area contributed by atoms with Gasteiger partial charge >= 0.3 is 0 Å². The van der Waals surface area contributed by atoms with E-state index in [1.165, 1.54) is 5.56 Å². The van der Waals surface area contributed by atoms with E-state index in [1.807, 2.05) is 6.07 Å². The first-order valence-electron chi connectivity index (χ1n) is 11.7. The summed E-state index contributed by atoms with van der Waals surface area (Å²) in [5, 5.41) is 2.86. The lowest BCUT2D eigenvalue weighted by molar-refractivity contribution is -0.123. The Morgan fingerprint density at radius 1 is 0.939 bits per heavy atom. The number of hydrogen-bond acceptors (Lipinski definition) is 5. The van der Waals surface area contributed by atoms with Crippen LogP contribution in [0.1, 0.15) is 52.0 Å². The first kappa shape index (κ1) is 21.8. The number of imide groups is 1. The summed E-state index contributed by atoms with van der Waals surface area (Å²) in [7, 11) is 0. The van der Waals surface area contributed by atoms with Crippen molar-refractivity contribution < 1.29 is 19.1 Å². The molecule has 0 saturated carbocycles. The fourth-order valence-electron chi connectivity index (χ4n) is 5.18. The third-order valence-electron chi connectivity index (χ3n) is 7.06. The lowest BCUT2D eigenvalue weighted by Crippen LogP contribution is -2.45. The van der Waals surface area contributed by atoms with Crippen LogP contribution >= 0.6 is 0 Å². The zero-order chi connectivity index (χ0) is 22.8. The molecule has 7 heteroatoms. The van der Waals surface area contributed by atoms with Gasteiger partial charge < -0.3 is 10.1 Å². The Balaban J connectivity index is 1.07. The predicted molar refractivity (Wildman–Crippen MR) is 123 cm³/mol. The van der Waals surface area contributed by atoms with Crippen LogP contribution in [0.3, 0.4) is 0 Å². The van der Waals surface area contributed by atoms with Crippen LogP contribution in [0.25, 0.3) is 0 Å². The number of nitrogens with one attached hydrogen (secondary N) is 1. The predicted octanol–water partition coefficient (Wildman–Crippen LogP) is 2.61. The maximum absolute atomic E-state index is 12.5. The second kappa shape index (κ2) is 9.08. The third kappa shape index (κ3) is 4.56. The number of nitrogens with zero attached hydrogens (tertiary/aromatic N) is 2. The topological polar surface area (TPSA) is 79.0 Å². The molecule has 0 aliphatic carbocycles. The van der Waals surface area contributed by atoms with Crippen molar-refractivity contribution in [2.45, 2.75) is 43.9 Å². The number of rotatable bonds is 6. The summed E-state index contributed by atoms with van der Waals surface area (Å²) >= 11 is 0. The number of amides is 3. The Bertz CT molecular complexity index is 1010. The molecule has 3 aliphatic heterocycles. The summed E-state index contributed by atoms with van der Waals surface area (Å²) in [4.78, 5) is 40.8. The molecule has 2 fully saturated rings. The monoisotopic (exact) mass is 447 g/mol. The molecule has 7 nitrogen and oxygen atoms in total. The van der Waals surface area contributed by atoms with Gasteiger partial charge in [-0.2, -0.15) is 0 Å². The summed E-state index contributed by atoms with van der Waals surface area (Å²) in [5.74, 6) is -1.17. The van der Waals surface area contributed by atoms with Crippen molar-refractivity contribution in [2.75, 3.05) is 26.2 Å². The molecule has 172 valence electrons. The van der Waals surface area contributed by atoms with Crippen molar-refractivity contribution in [3.05, 3.63) is 71.3 Å². The van der Waals surface area contributed by atoms with Crippen LogP contribution in [0.4, 0.5) is 0 Å². The molecule has 0 radical (unpaired) electrons. The minimum atomic E-state index is -0.413. The van der Waals surface area contributed by atoms with Crippen molar-refractivity contribution >= 4 is 17.7 Å². The van der Waals surface area contributed by atoms with Crippen LogP contribution in [-0.4, -0.2) is 65.4 Å². The molecule has 3 amide bonds. The van der Waals surface area contributed by atoms with Gasteiger partial charge in [0.15, 0.2) is 0 Å². The van der Waals surface area contributed by atoms with Crippen molar-refractivity contribution in [3.63, 3.8) is 0 Å². The molecule has 2 saturated heterocycles. The van der Waals surface area contributed by atoms with Crippen molar-refractivity contribution in [3.8, 4) is 0 Å². The number of carbonyl (C=O) groups excluding carboxylic acids is 3. The summed E-state index contributed by atoms with van der Waals surface area (Å²) in [6, 6.07) is 17.2. The molecule has 1 spiro atoms. The molecule has 5 rings (SSSR count). The second-order valence-electron chi connectivity index (χ2n) is 9.27. The van der Waals surface area contributed by atoms with Gasteiger partial charge in [0, 0.05) is 26.2 Å². The molecule has 3 aliphatic rings. The molecule has 2 aromatic rings. The van der Waals surface area contributed by atoms with Crippen molar-refractivity contribution in [1.29, 1.82) is 0 Å². The van der Waals surface area contributed by atoms with Crippen LogP contribution in [0.2, 0.25) is 0 Å². The maximum Gasteiger partial charge on any atom is 0.262 e. The van der Waals surface area contributed by atoms with E-state index in [0.29, 0.717) is 17.7 Å². The van der Waals surface area contributed by atoms with E-state index in [4.69, 9.17) is 4.74 Å². The maximum atomic E-state index is 12.5. The highest BCUT2D eigenvalue weighted by Gasteiger charge is 2.42. The first-order chi connectivity index (χ1) is 16.0. The quantitative estimate of drug-likeness (QED) is 0.689. The van der Waals surface area contributed by atoms with Gasteiger partial charge in [0.2, 0.25) is 5.91 Å². The van der Waals surface area contributed by atoms with Gasteiger partial charge in [-0.05, 0) is 43.4 Å². The molecule has 0 unspecified atom stereocenters. The van der Waals surface area contributed by atoms with Crippen molar-refractivity contribution in [2.24, 2.45) is 0 Å². The summed E-state index contributed by atoms with van der Waals surface area (Å²) in [6.07, 6.45) is 3.88. The molecule has 0 bridgehead atoms. The molecule has 0 aromatic heterocycles. The average molecular weight is 448 g/mol. The number of hydrogen-bond donors (Lipinski definition) is 1. The van der Waals surface area contributed by atoms with E-state index in [2.05, 4.69) is 34.5 Å². The Labute approximate surface area is 193 Å². The van der Waals surface area contributed by atoms with Gasteiger partial charge in [0.05, 0.1) is 22.8 Å². The number of carbonyl (C=O) groups is 3. The highest BCUT2D eigenvalue weighted by atomic mass is 16.5. The van der Waals surface area contributed by atoms with E-state index in [0.717, 1.165) is 50.2 Å². The lowest BCUT2D eigenvalue weighted by Gasteiger charge is -2.39. The lowest BCUT2D eigenvalue weighted by atomic mass is 9.88. The molecule has 3 heterocycles. The second-order valence-corrected chi connectivity index (χ2v) is 9.27. The Hall–Kier alpha value is -3.03. The summed E-state index contributed by atoms with van der Waals surface area (Å²) in [6.45, 7) is 3.12. The fourth-order valence-corrected chi connectivity index (χ4v) is 5.18. The molecular weight excluding hydrogens is 418 g/mol. The normalized spacial score (nSPS) is 22.1. The summed E-state index contributed by atoms with van der Waals surface area (Å²) in [5.41, 5.74) is 1.95. The Morgan fingerprint density at radius 3 is 2.24 bits per heavy atom. The number of piperidine rings is 1. The molecule has 1 N–H and O–H groups in total. The van der Waals surface area contributed by atoms with E-state index in [-0.39, 0.29) is 24.2 Å². The van der Waals surface area contributed by atoms with E-state index < -0.39 is 11.8 Å². The van der Waals surface area contributed by atoms with Gasteiger partial charge in [0.1, 0.15) is 6.54 Å². The van der Waals surface area contributed by atoms with E-state index in [9.17, 15) is 14.4 Å². The van der Waals surface area contributed by atoms with Crippen LogP contribution < -0.4 is 5.32 Å². The Kier molecular flexibility index (Phi) is 6.00. The van der Waals surface area contributed by atoms with Gasteiger partial charge in [-0.1, -0.05) is 42.5 Å². The number of likely N-dealkylation sites (tertiary alicyclic amines) is 1. The molecule has 2 aromatic carbocycles. The highest BCUT2D eigenvalue weighted by Crippen LogP contribution is 2.39. The standard InChI is InChI=1S/C26H29N3O4/c30-23(18-29-24(31)21-8-4-5-9-22(21)25(29)32)27-16-20-10-11-26(33-20)12-14-28(15-13-26)17-19-6-2-1-3-7-19/h1-9,20H,10-18H2,(H,27,30)/t20-/m1/s1. The average Bonchev–Trinajstić information content (AvgIpc) is 3.35. The Morgan fingerprint density at radius 2 is 1.58 bits per heavy atom. The highest BCUT2D eigenvalue weighted by molar-refractivity contribution is 6.22. The first-order valence-corrected chi connectivity index (χ1v) is 11.7. The van der Waals surface area contributed by atoms with Crippen LogP contribution in [0.15, 0.2) is 54.6 Å². The molecular formula is C26H29N3O4. The number of fused-ring (bicyclic) bond motifs is 1. The van der Waals surface area contributed by atoms with Crippen LogP contribution in [0.5, 0.6) is 0 Å². The SMILES string of the molecule is O=C(CN1C(=O)c2ccccc2C1=O)NC[C@H]1CCC2(CCN(Cc3ccccc3)CC2)O1. The molecule has 33 heavy (non-hydrogen) atoms. The van der Waals surface area contributed by atoms with Gasteiger partial charge in [-0.15, -0.1) is 0 Å². The van der Waals surface area contributed by atoms with Crippen molar-refractivity contribution in [1.82, 2.24) is 15.1 Å². The van der Waals surface area contributed by atoms with E-state index in [1.54, 1.807) is 24.3 Å².